The zero-order chi connectivity index (χ0) is 19.6. The number of aromatic nitrogens is 2. The second-order valence-electron chi connectivity index (χ2n) is 6.10. The van der Waals surface area contributed by atoms with Crippen molar-refractivity contribution >= 4 is 35.3 Å². The van der Waals surface area contributed by atoms with Crippen molar-refractivity contribution in [2.24, 2.45) is 0 Å². The number of aryl methyl sites for hydroxylation is 1. The van der Waals surface area contributed by atoms with E-state index in [1.807, 2.05) is 4.90 Å². The molecule has 1 N–H and O–H groups in total. The molecule has 0 unspecified atom stereocenters. The summed E-state index contributed by atoms with van der Waals surface area (Å²) in [5.41, 5.74) is -1.01. The zero-order valence-corrected chi connectivity index (χ0v) is 15.2. The quantitative estimate of drug-likeness (QED) is 0.797. The van der Waals surface area contributed by atoms with Crippen LogP contribution in [0.1, 0.15) is 11.4 Å². The van der Waals surface area contributed by atoms with Crippen LogP contribution in [0.15, 0.2) is 24.3 Å². The summed E-state index contributed by atoms with van der Waals surface area (Å²) in [7, 11) is 0. The minimum absolute atomic E-state index is 0.000445. The number of rotatable bonds is 4. The van der Waals surface area contributed by atoms with Crippen molar-refractivity contribution in [3.63, 3.8) is 0 Å². The maximum absolute atomic E-state index is 13.3. The molecule has 0 aliphatic carbocycles. The fraction of sp³-hybridized carbons (Fsp3) is 0.353. The number of nitrogens with one attached hydrogen (secondary N) is 1. The van der Waals surface area contributed by atoms with Crippen molar-refractivity contribution in [2.75, 3.05) is 36.4 Å². The van der Waals surface area contributed by atoms with Gasteiger partial charge in [0, 0.05) is 37.3 Å². The van der Waals surface area contributed by atoms with Crippen LogP contribution in [0.2, 0.25) is 5.02 Å². The third kappa shape index (κ3) is 4.60. The molecule has 2 aromatic rings. The topological polar surface area (TPSA) is 61.4 Å². The van der Waals surface area contributed by atoms with Crippen molar-refractivity contribution < 1.29 is 18.0 Å². The third-order valence-corrected chi connectivity index (χ3v) is 4.40. The van der Waals surface area contributed by atoms with Crippen LogP contribution in [0, 0.1) is 6.92 Å². The van der Waals surface area contributed by atoms with Crippen LogP contribution in [0.25, 0.3) is 0 Å². The van der Waals surface area contributed by atoms with Gasteiger partial charge in [-0.15, -0.1) is 0 Å². The number of alkyl halides is 3. The molecule has 144 valence electrons. The van der Waals surface area contributed by atoms with Gasteiger partial charge >= 0.3 is 6.18 Å². The predicted molar refractivity (Wildman–Crippen MR) is 96.4 cm³/mol. The molecule has 0 saturated carbocycles. The predicted octanol–water partition coefficient (Wildman–Crippen LogP) is 3.48. The Hall–Kier alpha value is -2.55. The van der Waals surface area contributed by atoms with E-state index in [0.29, 0.717) is 37.8 Å². The van der Waals surface area contributed by atoms with E-state index < -0.39 is 11.7 Å². The van der Waals surface area contributed by atoms with Gasteiger partial charge in [0.25, 0.3) is 0 Å². The molecule has 6 nitrogen and oxygen atoms in total. The highest BCUT2D eigenvalue weighted by Crippen LogP contribution is 2.37. The molecule has 27 heavy (non-hydrogen) atoms. The first-order valence-corrected chi connectivity index (χ1v) is 8.58. The van der Waals surface area contributed by atoms with Gasteiger partial charge in [0.2, 0.25) is 6.41 Å². The van der Waals surface area contributed by atoms with E-state index in [1.54, 1.807) is 17.9 Å². The summed E-state index contributed by atoms with van der Waals surface area (Å²) in [5.74, 6) is 1.27. The third-order valence-electron chi connectivity index (χ3n) is 4.16. The van der Waals surface area contributed by atoms with E-state index in [4.69, 9.17) is 11.6 Å². The molecule has 1 aliphatic rings. The Kier molecular flexibility index (Phi) is 5.41. The van der Waals surface area contributed by atoms with Gasteiger partial charge in [0.1, 0.15) is 17.5 Å². The summed E-state index contributed by atoms with van der Waals surface area (Å²) in [6.07, 6.45) is -3.75. The molecule has 1 fully saturated rings. The van der Waals surface area contributed by atoms with Crippen molar-refractivity contribution in [1.82, 2.24) is 14.9 Å². The standard InChI is InChI=1S/C17H17ClF3N5O/c1-11-22-15(9-16(23-11)26-6-4-25(10-27)5-7-26)24-14-3-2-12(18)8-13(14)17(19,20)21/h2-3,8-10H,4-7H2,1H3,(H,22,23,24). The van der Waals surface area contributed by atoms with E-state index >= 15 is 0 Å². The van der Waals surface area contributed by atoms with E-state index in [2.05, 4.69) is 15.3 Å². The van der Waals surface area contributed by atoms with E-state index in [1.165, 1.54) is 12.1 Å². The number of hydrogen-bond donors (Lipinski definition) is 1. The Balaban J connectivity index is 1.87. The lowest BCUT2D eigenvalue weighted by molar-refractivity contribution is -0.136. The number of amides is 1. The van der Waals surface area contributed by atoms with Crippen molar-refractivity contribution in [1.29, 1.82) is 0 Å². The van der Waals surface area contributed by atoms with Gasteiger partial charge in [-0.3, -0.25) is 4.79 Å². The molecular weight excluding hydrogens is 383 g/mol. The van der Waals surface area contributed by atoms with Gasteiger partial charge in [-0.1, -0.05) is 11.6 Å². The Morgan fingerprint density at radius 3 is 2.48 bits per heavy atom. The molecule has 10 heteroatoms. The molecule has 1 aromatic carbocycles. The summed E-state index contributed by atoms with van der Waals surface area (Å²) in [6, 6.07) is 5.12. The molecule has 0 spiro atoms. The SMILES string of the molecule is Cc1nc(Nc2ccc(Cl)cc2C(F)(F)F)cc(N2CCN(C=O)CC2)n1. The van der Waals surface area contributed by atoms with Gasteiger partial charge in [-0.25, -0.2) is 9.97 Å². The molecule has 1 aliphatic heterocycles. The summed E-state index contributed by atoms with van der Waals surface area (Å²) >= 11 is 5.71. The number of carbonyl (C=O) groups is 1. The molecule has 0 bridgehead atoms. The first kappa shape index (κ1) is 19.2. The average molecular weight is 400 g/mol. The lowest BCUT2D eigenvalue weighted by Crippen LogP contribution is -2.46. The van der Waals surface area contributed by atoms with E-state index in [0.717, 1.165) is 12.5 Å². The van der Waals surface area contributed by atoms with Gasteiger partial charge < -0.3 is 15.1 Å². The lowest BCUT2D eigenvalue weighted by atomic mass is 10.1. The highest BCUT2D eigenvalue weighted by Gasteiger charge is 2.34. The highest BCUT2D eigenvalue weighted by molar-refractivity contribution is 6.30. The molecular formula is C17H17ClF3N5O. The Labute approximate surface area is 159 Å². The summed E-state index contributed by atoms with van der Waals surface area (Å²) in [4.78, 5) is 23.0. The van der Waals surface area contributed by atoms with E-state index in [9.17, 15) is 18.0 Å². The summed E-state index contributed by atoms with van der Waals surface area (Å²) in [5, 5.41) is 2.72. The second-order valence-corrected chi connectivity index (χ2v) is 6.54. The van der Waals surface area contributed by atoms with Crippen LogP contribution < -0.4 is 10.2 Å². The first-order valence-electron chi connectivity index (χ1n) is 8.20. The largest absolute Gasteiger partial charge is 0.418 e. The van der Waals surface area contributed by atoms with Crippen molar-refractivity contribution in [3.8, 4) is 0 Å². The van der Waals surface area contributed by atoms with Gasteiger partial charge in [0.05, 0.1) is 11.3 Å². The van der Waals surface area contributed by atoms with Crippen LogP contribution >= 0.6 is 11.6 Å². The fourth-order valence-electron chi connectivity index (χ4n) is 2.83. The summed E-state index contributed by atoms with van der Waals surface area (Å²) in [6.45, 7) is 3.96. The second kappa shape index (κ2) is 7.59. The Morgan fingerprint density at radius 2 is 1.85 bits per heavy atom. The number of piperazine rings is 1. The molecule has 0 radical (unpaired) electrons. The minimum Gasteiger partial charge on any atom is -0.353 e. The van der Waals surface area contributed by atoms with Crippen LogP contribution in [-0.4, -0.2) is 47.5 Å². The van der Waals surface area contributed by atoms with Gasteiger partial charge in [0.15, 0.2) is 0 Å². The normalized spacial score (nSPS) is 15.0. The maximum Gasteiger partial charge on any atom is 0.418 e. The van der Waals surface area contributed by atoms with Crippen LogP contribution in [0.3, 0.4) is 0 Å². The molecule has 1 aromatic heterocycles. The zero-order valence-electron chi connectivity index (χ0n) is 14.4. The summed E-state index contributed by atoms with van der Waals surface area (Å²) < 4.78 is 39.8. The number of nitrogens with zero attached hydrogens (tertiary/aromatic N) is 4. The number of carbonyl (C=O) groups excluding carboxylic acids is 1. The van der Waals surface area contributed by atoms with Crippen LogP contribution in [0.5, 0.6) is 0 Å². The van der Waals surface area contributed by atoms with Crippen LogP contribution in [-0.2, 0) is 11.0 Å². The van der Waals surface area contributed by atoms with Gasteiger partial charge in [-0.05, 0) is 25.1 Å². The average Bonchev–Trinajstić information content (AvgIpc) is 2.62. The fourth-order valence-corrected chi connectivity index (χ4v) is 3.00. The maximum atomic E-state index is 13.3. The number of halogens is 4. The molecule has 0 atom stereocenters. The van der Waals surface area contributed by atoms with E-state index in [-0.39, 0.29) is 16.5 Å². The number of benzene rings is 1. The number of hydrogen-bond acceptors (Lipinski definition) is 5. The monoisotopic (exact) mass is 399 g/mol. The van der Waals surface area contributed by atoms with Crippen LogP contribution in [0.4, 0.5) is 30.5 Å². The Bertz CT molecular complexity index is 838. The lowest BCUT2D eigenvalue weighted by Gasteiger charge is -2.33. The van der Waals surface area contributed by atoms with Crippen molar-refractivity contribution in [2.45, 2.75) is 13.1 Å². The first-order chi connectivity index (χ1) is 12.8. The Morgan fingerprint density at radius 1 is 1.15 bits per heavy atom. The number of anilines is 3. The smallest absolute Gasteiger partial charge is 0.353 e. The minimum atomic E-state index is -4.55. The molecule has 2 heterocycles. The molecule has 1 saturated heterocycles. The van der Waals surface area contributed by atoms with Gasteiger partial charge in [-0.2, -0.15) is 13.2 Å². The highest BCUT2D eigenvalue weighted by atomic mass is 35.5. The van der Waals surface area contributed by atoms with Crippen molar-refractivity contribution in [3.05, 3.63) is 40.7 Å². The molecule has 3 rings (SSSR count). The molecule has 1 amide bonds.